The fourth-order valence-electron chi connectivity index (χ4n) is 4.06. The minimum Gasteiger partial charge on any atom is -0.388 e. The lowest BCUT2D eigenvalue weighted by molar-refractivity contribution is -0.119. The van der Waals surface area contributed by atoms with Crippen LogP contribution in [0.25, 0.3) is 0 Å². The molecule has 0 aliphatic carbocycles. The van der Waals surface area contributed by atoms with Crippen molar-refractivity contribution in [2.24, 2.45) is 17.6 Å². The second kappa shape index (κ2) is 17.3. The van der Waals surface area contributed by atoms with Gasteiger partial charge in [0, 0.05) is 30.6 Å². The molecule has 0 aromatic heterocycles. The zero-order valence-electron chi connectivity index (χ0n) is 23.8. The lowest BCUT2D eigenvalue weighted by Gasteiger charge is -2.20. The highest BCUT2D eigenvalue weighted by Crippen LogP contribution is 2.19. The third-order valence-corrected chi connectivity index (χ3v) is 6.54. The molecule has 196 valence electrons. The van der Waals surface area contributed by atoms with Crippen LogP contribution in [0.15, 0.2) is 60.8 Å². The highest BCUT2D eigenvalue weighted by atomic mass is 16.1. The van der Waals surface area contributed by atoms with Crippen LogP contribution in [-0.2, 0) is 11.2 Å². The van der Waals surface area contributed by atoms with Crippen LogP contribution in [0.4, 0.5) is 0 Å². The first kappa shape index (κ1) is 29.1. The Hall–Kier alpha value is -2.17. The van der Waals surface area contributed by atoms with Gasteiger partial charge in [-0.3, -0.25) is 4.79 Å². The van der Waals surface area contributed by atoms with Crippen LogP contribution in [0, 0.1) is 11.8 Å². The van der Waals surface area contributed by atoms with Crippen molar-refractivity contribution in [2.75, 3.05) is 26.2 Å². The van der Waals surface area contributed by atoms with Gasteiger partial charge in [0.15, 0.2) is 5.78 Å². The number of rotatable bonds is 21. The average molecular weight is 483 g/mol. The minimum absolute atomic E-state index is 0.0932. The van der Waals surface area contributed by atoms with E-state index in [1.165, 1.54) is 16.7 Å². The average Bonchev–Trinajstić information content (AvgIpc) is 2.83. The summed E-state index contributed by atoms with van der Waals surface area (Å²) in [6.07, 6.45) is 6.94. The first-order valence-electron chi connectivity index (χ1n) is 13.8. The molecule has 0 aliphatic rings. The van der Waals surface area contributed by atoms with Gasteiger partial charge in [-0.25, -0.2) is 0 Å². The topological polar surface area (TPSA) is 67.1 Å². The van der Waals surface area contributed by atoms with Gasteiger partial charge in [-0.2, -0.15) is 0 Å². The van der Waals surface area contributed by atoms with Gasteiger partial charge in [-0.05, 0) is 69.0 Å². The quantitative estimate of drug-likeness (QED) is 0.142. The van der Waals surface area contributed by atoms with Crippen LogP contribution in [0.3, 0.4) is 0 Å². The molecule has 4 N–H and O–H groups in total. The summed E-state index contributed by atoms with van der Waals surface area (Å²) in [5.74, 6) is 0.982. The second-order valence-electron chi connectivity index (χ2n) is 10.5. The van der Waals surface area contributed by atoms with E-state index in [4.69, 9.17) is 1.41 Å². The molecule has 2 unspecified atom stereocenters. The van der Waals surface area contributed by atoms with E-state index in [1.54, 1.807) is 0 Å². The molecular weight excluding hydrogens is 430 g/mol. The van der Waals surface area contributed by atoms with E-state index in [-0.39, 0.29) is 17.6 Å². The Morgan fingerprint density at radius 2 is 1.74 bits per heavy atom. The number of benzene rings is 1. The van der Waals surface area contributed by atoms with Crippen molar-refractivity contribution in [3.63, 3.8) is 0 Å². The first-order chi connectivity index (χ1) is 17.1. The highest BCUT2D eigenvalue weighted by Gasteiger charge is 2.15. The summed E-state index contributed by atoms with van der Waals surface area (Å²) in [5, 5.41) is 6.75. The molecule has 0 heterocycles. The molecular formula is C31H51N3O. The number of unbranched alkanes of at least 4 members (excludes halogenated alkanes) is 1. The zero-order valence-corrected chi connectivity index (χ0v) is 22.8. The van der Waals surface area contributed by atoms with E-state index in [1.807, 2.05) is 13.8 Å². The molecule has 0 aliphatic heterocycles. The number of hydrogen-bond donors (Lipinski definition) is 3. The van der Waals surface area contributed by atoms with Crippen molar-refractivity contribution in [1.82, 2.24) is 10.6 Å². The van der Waals surface area contributed by atoms with Crippen LogP contribution >= 0.6 is 0 Å². The van der Waals surface area contributed by atoms with Gasteiger partial charge in [0.1, 0.15) is 1.41 Å². The Morgan fingerprint density at radius 3 is 2.37 bits per heavy atom. The normalized spacial score (nSPS) is 13.2. The van der Waals surface area contributed by atoms with Gasteiger partial charge in [-0.15, -0.1) is 6.58 Å². The molecule has 4 nitrogen and oxygen atoms in total. The fraction of sp³-hybridized carbons (Fsp3) is 0.581. The van der Waals surface area contributed by atoms with Crippen molar-refractivity contribution in [3.8, 4) is 0 Å². The molecule has 2 atom stereocenters. The van der Waals surface area contributed by atoms with Crippen molar-refractivity contribution in [3.05, 3.63) is 72.0 Å². The molecule has 0 saturated carbocycles. The van der Waals surface area contributed by atoms with Crippen molar-refractivity contribution < 1.29 is 6.21 Å². The van der Waals surface area contributed by atoms with Gasteiger partial charge in [-0.1, -0.05) is 75.8 Å². The maximum Gasteiger partial charge on any atom is 0.153 e. The lowest BCUT2D eigenvalue weighted by atomic mass is 9.94. The van der Waals surface area contributed by atoms with E-state index in [9.17, 15) is 4.79 Å². The van der Waals surface area contributed by atoms with Gasteiger partial charge >= 0.3 is 0 Å². The third kappa shape index (κ3) is 13.5. The highest BCUT2D eigenvalue weighted by molar-refractivity contribution is 5.87. The maximum atomic E-state index is 12.6. The van der Waals surface area contributed by atoms with Crippen LogP contribution in [0.1, 0.15) is 83.3 Å². The van der Waals surface area contributed by atoms with Gasteiger partial charge in [0.25, 0.3) is 0 Å². The molecule has 0 spiro atoms. The molecule has 0 saturated heterocycles. The molecule has 0 amide bonds. The Kier molecular flexibility index (Phi) is 14.4. The van der Waals surface area contributed by atoms with Crippen molar-refractivity contribution in [2.45, 2.75) is 78.6 Å². The lowest BCUT2D eigenvalue weighted by Crippen LogP contribution is -2.28. The number of allylic oxidation sites excluding steroid dienone is 1. The molecule has 1 rings (SSSR count). The Bertz CT molecular complexity index is 816. The maximum absolute atomic E-state index is 12.6. The summed E-state index contributed by atoms with van der Waals surface area (Å²) >= 11 is 0. The molecule has 0 radical (unpaired) electrons. The predicted molar refractivity (Wildman–Crippen MR) is 153 cm³/mol. The van der Waals surface area contributed by atoms with Gasteiger partial charge < -0.3 is 16.4 Å². The molecule has 35 heavy (non-hydrogen) atoms. The Balaban J connectivity index is 2.28. The Morgan fingerprint density at radius 1 is 1.03 bits per heavy atom. The smallest absolute Gasteiger partial charge is 0.153 e. The summed E-state index contributed by atoms with van der Waals surface area (Å²) in [4.78, 5) is 12.6. The van der Waals surface area contributed by atoms with E-state index < -0.39 is 0 Å². The van der Waals surface area contributed by atoms with Crippen molar-refractivity contribution in [1.29, 1.82) is 0 Å². The zero-order chi connectivity index (χ0) is 26.9. The number of nitrogens with one attached hydrogen (secondary N) is 2. The van der Waals surface area contributed by atoms with Crippen LogP contribution in [0.2, 0.25) is 1.41 Å². The summed E-state index contributed by atoms with van der Waals surface area (Å²) in [5.41, 5.74) is 8.37. The van der Waals surface area contributed by atoms with E-state index in [0.29, 0.717) is 19.0 Å². The largest absolute Gasteiger partial charge is 0.388 e. The summed E-state index contributed by atoms with van der Waals surface area (Å²) in [6.45, 7) is 23.4. The molecule has 1 aromatic rings. The number of carbonyl (C=O) groups excluding carboxylic acids is 1. The van der Waals surface area contributed by atoms with Crippen LogP contribution in [0.5, 0.6) is 0 Å². The number of Topliss-reactive ketones (excluding diaryl/α,β-unsaturated/α-hetero) is 1. The summed E-state index contributed by atoms with van der Waals surface area (Å²) in [6, 6.07) is 8.49. The molecule has 0 fully saturated rings. The van der Waals surface area contributed by atoms with Gasteiger partial charge in [0.2, 0.25) is 0 Å². The molecule has 0 bridgehead atoms. The molecule has 1 aromatic carbocycles. The first-order valence-corrected chi connectivity index (χ1v) is 13.3. The molecule has 4 heteroatoms. The fourth-order valence-corrected chi connectivity index (χ4v) is 4.06. The Labute approximate surface area is 217 Å². The number of carbonyl (C=O) groups is 1. The van der Waals surface area contributed by atoms with Crippen molar-refractivity contribution >= 4 is 5.78 Å². The minimum atomic E-state index is -0.0932. The monoisotopic (exact) mass is 482 g/mol. The standard InChI is InChI=1S/C31H51N3O/c1-23(2)11-12-25(5)17-19-34-27(7)30(21-32)10-8-9-18-33-22-31(35)26(6)29-15-13-28(14-16-29)20-24(3)4/h13-16,24,26,30,33-34H,1,5,7-12,17-22,32H2,2-4,6H3/i/hD. The second-order valence-corrected chi connectivity index (χ2v) is 10.5. The van der Waals surface area contributed by atoms with Crippen LogP contribution < -0.4 is 16.4 Å². The van der Waals surface area contributed by atoms with E-state index in [2.05, 4.69) is 74.2 Å². The van der Waals surface area contributed by atoms with Gasteiger partial charge in [0.05, 0.1) is 6.54 Å². The number of ketones is 1. The van der Waals surface area contributed by atoms with E-state index in [0.717, 1.165) is 69.3 Å². The summed E-state index contributed by atoms with van der Waals surface area (Å²) < 4.78 is 7.42. The van der Waals surface area contributed by atoms with Crippen LogP contribution in [-0.4, -0.2) is 32.0 Å². The SMILES string of the molecule is [2H]NCC(CCCCNCC(=O)C(C)c1ccc(CC(C)C)cc1)C(=C)NCCC(=C)CCC(=C)C. The number of hydrogen-bond acceptors (Lipinski definition) is 4. The predicted octanol–water partition coefficient (Wildman–Crippen LogP) is 6.30. The van der Waals surface area contributed by atoms with E-state index >= 15 is 0 Å². The number of nitrogens with two attached hydrogens (primary N) is 1. The summed E-state index contributed by atoms with van der Waals surface area (Å²) in [7, 11) is 0. The third-order valence-electron chi connectivity index (χ3n) is 6.54.